The lowest BCUT2D eigenvalue weighted by atomic mass is 10.0. The summed E-state index contributed by atoms with van der Waals surface area (Å²) in [6.07, 6.45) is 2.02. The minimum Gasteiger partial charge on any atom is -0.393 e. The Morgan fingerprint density at radius 3 is 2.31 bits per heavy atom. The molecule has 1 unspecified atom stereocenters. The summed E-state index contributed by atoms with van der Waals surface area (Å²) in [5.41, 5.74) is 0. The average molecular weight is 230 g/mol. The van der Waals surface area contributed by atoms with Gasteiger partial charge in [-0.05, 0) is 26.7 Å². The molecule has 0 spiro atoms. The standard InChI is InChI=1S/C12H22O4/c1-8(9(2)13)5-6-10(14)11-7-15-12(3,4)16-11/h5-6,8-11,13-14H,7H2,1-4H3/b6-5-/t8-,9+,10?,11+/m1/s1. The molecule has 1 saturated heterocycles. The molecule has 0 bridgehead atoms. The summed E-state index contributed by atoms with van der Waals surface area (Å²) in [6, 6.07) is 0. The lowest BCUT2D eigenvalue weighted by Crippen LogP contribution is -2.29. The van der Waals surface area contributed by atoms with Crippen LogP contribution in [-0.4, -0.2) is 40.9 Å². The van der Waals surface area contributed by atoms with Crippen LogP contribution in [0.5, 0.6) is 0 Å². The zero-order chi connectivity index (χ0) is 12.3. The third-order valence-electron chi connectivity index (χ3n) is 2.78. The number of rotatable bonds is 4. The van der Waals surface area contributed by atoms with Crippen LogP contribution in [0.1, 0.15) is 27.7 Å². The zero-order valence-electron chi connectivity index (χ0n) is 10.4. The quantitative estimate of drug-likeness (QED) is 0.709. The van der Waals surface area contributed by atoms with Gasteiger partial charge in [-0.1, -0.05) is 19.1 Å². The SMILES string of the molecule is C[C@H](O)[C@H](C)/C=C\C(O)[C@@H]1COC(C)(C)O1. The number of hydrogen-bond acceptors (Lipinski definition) is 4. The average Bonchev–Trinajstić information content (AvgIpc) is 2.54. The molecule has 0 amide bonds. The second-order valence-corrected chi connectivity index (χ2v) is 4.84. The molecule has 0 radical (unpaired) electrons. The summed E-state index contributed by atoms with van der Waals surface area (Å²) in [5, 5.41) is 19.1. The van der Waals surface area contributed by atoms with Crippen LogP contribution < -0.4 is 0 Å². The normalized spacial score (nSPS) is 30.5. The van der Waals surface area contributed by atoms with Crippen LogP contribution in [-0.2, 0) is 9.47 Å². The lowest BCUT2D eigenvalue weighted by molar-refractivity contribution is -0.147. The minimum absolute atomic E-state index is 0.0185. The molecule has 1 aliphatic heterocycles. The van der Waals surface area contributed by atoms with Crippen molar-refractivity contribution in [1.29, 1.82) is 0 Å². The smallest absolute Gasteiger partial charge is 0.163 e. The van der Waals surface area contributed by atoms with Crippen molar-refractivity contribution in [2.75, 3.05) is 6.61 Å². The van der Waals surface area contributed by atoms with E-state index in [1.165, 1.54) is 0 Å². The van der Waals surface area contributed by atoms with Gasteiger partial charge in [-0.2, -0.15) is 0 Å². The van der Waals surface area contributed by atoms with E-state index in [-0.39, 0.29) is 12.0 Å². The number of hydrogen-bond donors (Lipinski definition) is 2. The highest BCUT2D eigenvalue weighted by Gasteiger charge is 2.35. The minimum atomic E-state index is -0.692. The van der Waals surface area contributed by atoms with Crippen LogP contribution in [0.3, 0.4) is 0 Å². The molecule has 4 heteroatoms. The van der Waals surface area contributed by atoms with Crippen LogP contribution >= 0.6 is 0 Å². The van der Waals surface area contributed by atoms with E-state index in [1.54, 1.807) is 19.1 Å². The summed E-state index contributed by atoms with van der Waals surface area (Å²) < 4.78 is 10.9. The first-order valence-electron chi connectivity index (χ1n) is 5.68. The van der Waals surface area contributed by atoms with Gasteiger partial charge in [0.2, 0.25) is 0 Å². The fourth-order valence-corrected chi connectivity index (χ4v) is 1.46. The Balaban J connectivity index is 2.44. The molecule has 0 saturated carbocycles. The van der Waals surface area contributed by atoms with E-state index in [9.17, 15) is 10.2 Å². The van der Waals surface area contributed by atoms with Gasteiger partial charge in [-0.15, -0.1) is 0 Å². The summed E-state index contributed by atoms with van der Waals surface area (Å²) >= 11 is 0. The van der Waals surface area contributed by atoms with Crippen molar-refractivity contribution in [1.82, 2.24) is 0 Å². The van der Waals surface area contributed by atoms with E-state index in [2.05, 4.69) is 0 Å². The molecule has 1 heterocycles. The fourth-order valence-electron chi connectivity index (χ4n) is 1.46. The molecule has 0 aromatic carbocycles. The highest BCUT2D eigenvalue weighted by molar-refractivity contribution is 4.97. The Morgan fingerprint density at radius 2 is 1.88 bits per heavy atom. The topological polar surface area (TPSA) is 58.9 Å². The summed E-state index contributed by atoms with van der Waals surface area (Å²) in [5.74, 6) is -0.597. The molecular weight excluding hydrogens is 208 g/mol. The van der Waals surface area contributed by atoms with Crippen molar-refractivity contribution in [3.63, 3.8) is 0 Å². The first-order chi connectivity index (χ1) is 7.32. The largest absolute Gasteiger partial charge is 0.393 e. The van der Waals surface area contributed by atoms with Gasteiger partial charge >= 0.3 is 0 Å². The van der Waals surface area contributed by atoms with Gasteiger partial charge in [-0.25, -0.2) is 0 Å². The van der Waals surface area contributed by atoms with Gasteiger partial charge in [0.1, 0.15) is 12.2 Å². The van der Waals surface area contributed by atoms with Gasteiger partial charge in [-0.3, -0.25) is 0 Å². The third-order valence-corrected chi connectivity index (χ3v) is 2.78. The molecule has 94 valence electrons. The second-order valence-electron chi connectivity index (χ2n) is 4.84. The van der Waals surface area contributed by atoms with Crippen molar-refractivity contribution in [3.05, 3.63) is 12.2 Å². The van der Waals surface area contributed by atoms with Crippen LogP contribution in [0.15, 0.2) is 12.2 Å². The third kappa shape index (κ3) is 3.87. The second kappa shape index (κ2) is 5.27. The van der Waals surface area contributed by atoms with Gasteiger partial charge < -0.3 is 19.7 Å². The molecule has 1 fully saturated rings. The maximum Gasteiger partial charge on any atom is 0.163 e. The Hall–Kier alpha value is -0.420. The van der Waals surface area contributed by atoms with Crippen molar-refractivity contribution in [2.24, 2.45) is 5.92 Å². The Morgan fingerprint density at radius 1 is 1.25 bits per heavy atom. The molecule has 4 atom stereocenters. The monoisotopic (exact) mass is 230 g/mol. The zero-order valence-corrected chi connectivity index (χ0v) is 10.4. The van der Waals surface area contributed by atoms with E-state index in [4.69, 9.17) is 9.47 Å². The molecule has 16 heavy (non-hydrogen) atoms. The van der Waals surface area contributed by atoms with Crippen molar-refractivity contribution >= 4 is 0 Å². The van der Waals surface area contributed by atoms with Gasteiger partial charge in [0, 0.05) is 0 Å². The van der Waals surface area contributed by atoms with Crippen LogP contribution in [0.4, 0.5) is 0 Å². The molecule has 0 aromatic heterocycles. The van der Waals surface area contributed by atoms with E-state index in [0.717, 1.165) is 0 Å². The summed E-state index contributed by atoms with van der Waals surface area (Å²) in [6.45, 7) is 7.65. The lowest BCUT2D eigenvalue weighted by Gasteiger charge is -2.19. The molecule has 2 N–H and O–H groups in total. The number of ether oxygens (including phenoxy) is 2. The molecule has 0 aliphatic carbocycles. The van der Waals surface area contributed by atoms with E-state index < -0.39 is 18.0 Å². The molecule has 0 aromatic rings. The van der Waals surface area contributed by atoms with Crippen molar-refractivity contribution < 1.29 is 19.7 Å². The number of aliphatic hydroxyl groups excluding tert-OH is 2. The first-order valence-corrected chi connectivity index (χ1v) is 5.68. The molecule has 1 rings (SSSR count). The van der Waals surface area contributed by atoms with Gasteiger partial charge in [0.05, 0.1) is 12.7 Å². The predicted octanol–water partition coefficient (Wildman–Crippen LogP) is 1.07. The fraction of sp³-hybridized carbons (Fsp3) is 0.833. The summed E-state index contributed by atoms with van der Waals surface area (Å²) in [7, 11) is 0. The molecular formula is C12H22O4. The maximum atomic E-state index is 9.84. The molecule has 4 nitrogen and oxygen atoms in total. The highest BCUT2D eigenvalue weighted by Crippen LogP contribution is 2.24. The van der Waals surface area contributed by atoms with E-state index >= 15 is 0 Å². The highest BCUT2D eigenvalue weighted by atomic mass is 16.7. The van der Waals surface area contributed by atoms with Gasteiger partial charge in [0.25, 0.3) is 0 Å². The van der Waals surface area contributed by atoms with Crippen LogP contribution in [0.25, 0.3) is 0 Å². The van der Waals surface area contributed by atoms with Crippen molar-refractivity contribution in [3.8, 4) is 0 Å². The van der Waals surface area contributed by atoms with Crippen LogP contribution in [0.2, 0.25) is 0 Å². The first kappa shape index (κ1) is 13.6. The Bertz CT molecular complexity index is 247. The van der Waals surface area contributed by atoms with E-state index in [0.29, 0.717) is 6.61 Å². The number of aliphatic hydroxyl groups is 2. The predicted molar refractivity (Wildman–Crippen MR) is 60.9 cm³/mol. The maximum absolute atomic E-state index is 9.84. The van der Waals surface area contributed by atoms with Crippen LogP contribution in [0, 0.1) is 5.92 Å². The Labute approximate surface area is 96.9 Å². The van der Waals surface area contributed by atoms with Crippen molar-refractivity contribution in [2.45, 2.75) is 51.8 Å². The van der Waals surface area contributed by atoms with E-state index in [1.807, 2.05) is 20.8 Å². The van der Waals surface area contributed by atoms with Gasteiger partial charge in [0.15, 0.2) is 5.79 Å². The molecule has 1 aliphatic rings. The Kier molecular flexibility index (Phi) is 4.50. The summed E-state index contributed by atoms with van der Waals surface area (Å²) in [4.78, 5) is 0.